The van der Waals surface area contributed by atoms with Gasteiger partial charge in [0.1, 0.15) is 5.75 Å². The Morgan fingerprint density at radius 3 is 1.67 bits per heavy atom. The second kappa shape index (κ2) is 6.73. The molecule has 24 heavy (non-hydrogen) atoms. The highest BCUT2D eigenvalue weighted by atomic mass is 32.2. The van der Waals surface area contributed by atoms with Gasteiger partial charge in [0.25, 0.3) is 0 Å². The number of hydrogen-bond donors (Lipinski definition) is 1. The van der Waals surface area contributed by atoms with E-state index in [0.717, 1.165) is 37.6 Å². The molecule has 0 bridgehead atoms. The second-order valence-corrected chi connectivity index (χ2v) is 8.17. The van der Waals surface area contributed by atoms with Gasteiger partial charge in [0.2, 0.25) is 0 Å². The van der Waals surface area contributed by atoms with Crippen molar-refractivity contribution in [3.05, 3.63) is 48.5 Å². The molecule has 5 nitrogen and oxygen atoms in total. The topological polar surface area (TPSA) is 60.9 Å². The fraction of sp³-hybridized carbons (Fsp3) is 0.333. The number of sulfone groups is 1. The molecule has 128 valence electrons. The van der Waals surface area contributed by atoms with Crippen molar-refractivity contribution in [2.24, 2.45) is 0 Å². The molecule has 2 aromatic carbocycles. The summed E-state index contributed by atoms with van der Waals surface area (Å²) in [6.45, 7) is 5.19. The fourth-order valence-corrected chi connectivity index (χ4v) is 3.80. The Morgan fingerprint density at radius 2 is 1.25 bits per heavy atom. The van der Waals surface area contributed by atoms with Gasteiger partial charge in [-0.25, -0.2) is 8.42 Å². The third-order valence-corrected chi connectivity index (χ3v) is 6.19. The lowest BCUT2D eigenvalue weighted by atomic mass is 10.2. The predicted octanol–water partition coefficient (Wildman–Crippen LogP) is 2.51. The van der Waals surface area contributed by atoms with Crippen molar-refractivity contribution in [2.75, 3.05) is 41.7 Å². The average molecular weight is 346 g/mol. The molecule has 0 amide bonds. The Labute approximate surface area is 143 Å². The summed E-state index contributed by atoms with van der Waals surface area (Å²) in [6.07, 6.45) is 0. The zero-order chi connectivity index (χ0) is 17.2. The van der Waals surface area contributed by atoms with Crippen LogP contribution >= 0.6 is 0 Å². The van der Waals surface area contributed by atoms with Gasteiger partial charge in [-0.05, 0) is 48.5 Å². The number of phenolic OH excluding ortho intramolecular Hbond substituents is 1. The number of aromatic hydroxyl groups is 1. The van der Waals surface area contributed by atoms with Crippen LogP contribution in [0.1, 0.15) is 6.92 Å². The van der Waals surface area contributed by atoms with Gasteiger partial charge in [-0.15, -0.1) is 0 Å². The summed E-state index contributed by atoms with van der Waals surface area (Å²) < 4.78 is 23.7. The van der Waals surface area contributed by atoms with Gasteiger partial charge in [0, 0.05) is 37.6 Å². The monoisotopic (exact) mass is 346 g/mol. The van der Waals surface area contributed by atoms with Gasteiger partial charge >= 0.3 is 0 Å². The lowest BCUT2D eigenvalue weighted by Gasteiger charge is -2.37. The minimum atomic E-state index is -3.14. The van der Waals surface area contributed by atoms with Crippen molar-refractivity contribution < 1.29 is 13.5 Å². The first-order chi connectivity index (χ1) is 11.5. The Balaban J connectivity index is 1.65. The van der Waals surface area contributed by atoms with E-state index in [-0.39, 0.29) is 11.5 Å². The van der Waals surface area contributed by atoms with Crippen molar-refractivity contribution in [3.8, 4) is 5.75 Å². The van der Waals surface area contributed by atoms with Crippen molar-refractivity contribution in [1.29, 1.82) is 0 Å². The molecule has 1 N–H and O–H groups in total. The SMILES string of the molecule is CCS(=O)(=O)c1ccc(N2CCN(c3ccc(O)cc3)CC2)cc1. The smallest absolute Gasteiger partial charge is 0.178 e. The number of hydrogen-bond acceptors (Lipinski definition) is 5. The maximum Gasteiger partial charge on any atom is 0.178 e. The van der Waals surface area contributed by atoms with Crippen LogP contribution in [0, 0.1) is 0 Å². The normalized spacial score (nSPS) is 15.5. The fourth-order valence-electron chi connectivity index (χ4n) is 2.92. The average Bonchev–Trinajstić information content (AvgIpc) is 2.63. The van der Waals surface area contributed by atoms with E-state index in [1.807, 2.05) is 24.3 Å². The summed E-state index contributed by atoms with van der Waals surface area (Å²) in [5.41, 5.74) is 2.16. The highest BCUT2D eigenvalue weighted by Crippen LogP contribution is 2.23. The van der Waals surface area contributed by atoms with Gasteiger partial charge in [-0.3, -0.25) is 0 Å². The minimum Gasteiger partial charge on any atom is -0.508 e. The number of benzene rings is 2. The maximum atomic E-state index is 11.9. The summed E-state index contributed by atoms with van der Waals surface area (Å²) in [7, 11) is -3.14. The van der Waals surface area contributed by atoms with Crippen molar-refractivity contribution >= 4 is 21.2 Å². The summed E-state index contributed by atoms with van der Waals surface area (Å²) in [6, 6.07) is 14.4. The van der Waals surface area contributed by atoms with Crippen LogP contribution in [0.2, 0.25) is 0 Å². The number of phenols is 1. The lowest BCUT2D eigenvalue weighted by Crippen LogP contribution is -2.46. The zero-order valence-corrected chi connectivity index (χ0v) is 14.5. The van der Waals surface area contributed by atoms with Crippen molar-refractivity contribution in [2.45, 2.75) is 11.8 Å². The quantitative estimate of drug-likeness (QED) is 0.922. The van der Waals surface area contributed by atoms with E-state index >= 15 is 0 Å². The first-order valence-electron chi connectivity index (χ1n) is 8.11. The van der Waals surface area contributed by atoms with Crippen molar-refractivity contribution in [1.82, 2.24) is 0 Å². The van der Waals surface area contributed by atoms with Crippen LogP contribution < -0.4 is 9.80 Å². The highest BCUT2D eigenvalue weighted by molar-refractivity contribution is 7.91. The van der Waals surface area contributed by atoms with E-state index in [1.54, 1.807) is 31.2 Å². The number of nitrogens with zero attached hydrogens (tertiary/aromatic N) is 2. The van der Waals surface area contributed by atoms with Gasteiger partial charge in [-0.2, -0.15) is 0 Å². The van der Waals surface area contributed by atoms with Crippen LogP contribution in [0.4, 0.5) is 11.4 Å². The van der Waals surface area contributed by atoms with Gasteiger partial charge in [0.15, 0.2) is 9.84 Å². The number of rotatable bonds is 4. The Bertz CT molecular complexity index is 778. The molecule has 1 heterocycles. The number of piperazine rings is 1. The molecule has 0 radical (unpaired) electrons. The lowest BCUT2D eigenvalue weighted by molar-refractivity contribution is 0.475. The van der Waals surface area contributed by atoms with E-state index in [1.165, 1.54) is 0 Å². The highest BCUT2D eigenvalue weighted by Gasteiger charge is 2.18. The standard InChI is InChI=1S/C18H22N2O3S/c1-2-24(22,23)18-9-5-16(6-10-18)20-13-11-19(12-14-20)15-3-7-17(21)8-4-15/h3-10,21H,2,11-14H2,1H3. The largest absolute Gasteiger partial charge is 0.508 e. The first kappa shape index (κ1) is 16.6. The van der Waals surface area contributed by atoms with E-state index in [0.29, 0.717) is 4.90 Å². The molecule has 1 saturated heterocycles. The second-order valence-electron chi connectivity index (χ2n) is 5.89. The molecule has 3 rings (SSSR count). The van der Waals surface area contributed by atoms with Crippen LogP contribution in [-0.2, 0) is 9.84 Å². The summed E-state index contributed by atoms with van der Waals surface area (Å²) >= 11 is 0. The van der Waals surface area contributed by atoms with Gasteiger partial charge < -0.3 is 14.9 Å². The Morgan fingerprint density at radius 1 is 0.833 bits per heavy atom. The van der Waals surface area contributed by atoms with E-state index in [2.05, 4.69) is 9.80 Å². The van der Waals surface area contributed by atoms with E-state index in [9.17, 15) is 13.5 Å². The summed E-state index contributed by atoms with van der Waals surface area (Å²) in [4.78, 5) is 4.93. The molecule has 0 aromatic heterocycles. The Kier molecular flexibility index (Phi) is 4.66. The summed E-state index contributed by atoms with van der Waals surface area (Å²) in [5, 5.41) is 9.37. The Hall–Kier alpha value is -2.21. The van der Waals surface area contributed by atoms with Crippen LogP contribution in [-0.4, -0.2) is 45.5 Å². The molecular formula is C18H22N2O3S. The zero-order valence-electron chi connectivity index (χ0n) is 13.7. The molecule has 1 fully saturated rings. The minimum absolute atomic E-state index is 0.123. The number of anilines is 2. The van der Waals surface area contributed by atoms with Crippen LogP contribution in [0.15, 0.2) is 53.4 Å². The summed E-state index contributed by atoms with van der Waals surface area (Å²) in [5.74, 6) is 0.400. The molecular weight excluding hydrogens is 324 g/mol. The molecule has 0 unspecified atom stereocenters. The molecule has 1 aliphatic rings. The molecule has 0 saturated carbocycles. The van der Waals surface area contributed by atoms with Gasteiger partial charge in [-0.1, -0.05) is 6.92 Å². The molecule has 2 aromatic rings. The first-order valence-corrected chi connectivity index (χ1v) is 9.76. The third-order valence-electron chi connectivity index (χ3n) is 4.44. The maximum absolute atomic E-state index is 11.9. The van der Waals surface area contributed by atoms with E-state index in [4.69, 9.17) is 0 Å². The van der Waals surface area contributed by atoms with Crippen LogP contribution in [0.25, 0.3) is 0 Å². The molecule has 1 aliphatic heterocycles. The molecule has 0 atom stereocenters. The third kappa shape index (κ3) is 3.48. The van der Waals surface area contributed by atoms with Gasteiger partial charge in [0.05, 0.1) is 10.6 Å². The molecule has 0 spiro atoms. The molecule has 6 heteroatoms. The predicted molar refractivity (Wildman–Crippen MR) is 96.7 cm³/mol. The van der Waals surface area contributed by atoms with E-state index < -0.39 is 9.84 Å². The van der Waals surface area contributed by atoms with Crippen LogP contribution in [0.3, 0.4) is 0 Å². The molecule has 0 aliphatic carbocycles. The van der Waals surface area contributed by atoms with Crippen LogP contribution in [0.5, 0.6) is 5.75 Å². The van der Waals surface area contributed by atoms with Crippen molar-refractivity contribution in [3.63, 3.8) is 0 Å².